The van der Waals surface area contributed by atoms with Gasteiger partial charge in [-0.15, -0.1) is 0 Å². The number of benzene rings is 1. The second-order valence-corrected chi connectivity index (χ2v) is 7.46. The van der Waals surface area contributed by atoms with Crippen LogP contribution in [0, 0.1) is 5.92 Å². The van der Waals surface area contributed by atoms with Crippen LogP contribution in [-0.4, -0.2) is 33.8 Å². The van der Waals surface area contributed by atoms with E-state index in [-0.39, 0.29) is 36.5 Å². The Morgan fingerprint density at radius 1 is 1.00 bits per heavy atom. The number of rotatable bonds is 5. The lowest BCUT2D eigenvalue weighted by molar-refractivity contribution is -0.124. The quantitative estimate of drug-likeness (QED) is 0.810. The first-order chi connectivity index (χ1) is 13.2. The van der Waals surface area contributed by atoms with Gasteiger partial charge < -0.3 is 9.64 Å². The molecule has 2 aliphatic rings. The third-order valence-corrected chi connectivity index (χ3v) is 5.69. The summed E-state index contributed by atoms with van der Waals surface area (Å²) < 4.78 is 5.53. The Morgan fingerprint density at radius 3 is 2.37 bits per heavy atom. The van der Waals surface area contributed by atoms with E-state index >= 15 is 0 Å². The lowest BCUT2D eigenvalue weighted by atomic mass is 9.86. The van der Waals surface area contributed by atoms with Gasteiger partial charge in [0.25, 0.3) is 0 Å². The number of carbonyl (C=O) groups excluding carboxylic acids is 2. The minimum absolute atomic E-state index is 0.0164. The van der Waals surface area contributed by atoms with Gasteiger partial charge in [-0.05, 0) is 43.4 Å². The third kappa shape index (κ3) is 4.02. The standard InChI is InChI=1S/C22H24N2O3/c25-21(14-18-8-4-5-11-23-18)17-12-19-9-10-20(13-17)24(19)22(26)27-15-16-6-2-1-3-7-16/h1-8,11,17,19-20H,9-10,12-15H2. The second kappa shape index (κ2) is 7.91. The fourth-order valence-electron chi connectivity index (χ4n) is 4.36. The number of hydrogen-bond donors (Lipinski definition) is 0. The molecule has 1 aromatic carbocycles. The molecule has 5 nitrogen and oxygen atoms in total. The number of hydrogen-bond acceptors (Lipinski definition) is 4. The smallest absolute Gasteiger partial charge is 0.410 e. The molecule has 140 valence electrons. The summed E-state index contributed by atoms with van der Waals surface area (Å²) in [5.41, 5.74) is 1.80. The Hall–Kier alpha value is -2.69. The Kier molecular flexibility index (Phi) is 5.19. The van der Waals surface area contributed by atoms with Crippen molar-refractivity contribution in [2.75, 3.05) is 0 Å². The molecule has 4 rings (SSSR count). The largest absolute Gasteiger partial charge is 0.445 e. The highest BCUT2D eigenvalue weighted by Crippen LogP contribution is 2.39. The van der Waals surface area contributed by atoms with E-state index in [9.17, 15) is 9.59 Å². The lowest BCUT2D eigenvalue weighted by Gasteiger charge is -2.37. The zero-order valence-corrected chi connectivity index (χ0v) is 15.3. The monoisotopic (exact) mass is 364 g/mol. The fourth-order valence-corrected chi connectivity index (χ4v) is 4.36. The number of ketones is 1. The first-order valence-corrected chi connectivity index (χ1v) is 9.62. The molecule has 0 aliphatic carbocycles. The molecule has 0 saturated carbocycles. The van der Waals surface area contributed by atoms with Gasteiger partial charge in [0.1, 0.15) is 12.4 Å². The second-order valence-electron chi connectivity index (χ2n) is 7.46. The van der Waals surface area contributed by atoms with E-state index in [0.717, 1.165) is 36.9 Å². The van der Waals surface area contributed by atoms with E-state index in [2.05, 4.69) is 4.98 Å². The molecule has 2 fully saturated rings. The molecule has 2 bridgehead atoms. The Labute approximate surface area is 159 Å². The molecule has 0 N–H and O–H groups in total. The van der Waals surface area contributed by atoms with Gasteiger partial charge in [0.05, 0.1) is 0 Å². The van der Waals surface area contributed by atoms with Crippen molar-refractivity contribution in [1.82, 2.24) is 9.88 Å². The topological polar surface area (TPSA) is 59.5 Å². The van der Waals surface area contributed by atoms with Crippen molar-refractivity contribution in [3.05, 3.63) is 66.0 Å². The molecule has 2 saturated heterocycles. The predicted octanol–water partition coefficient (Wildman–Crippen LogP) is 3.77. The SMILES string of the molecule is O=C(Cc1ccccn1)C1CC2CCC(C1)N2C(=O)OCc1ccccc1. The molecular weight excluding hydrogens is 340 g/mol. The van der Waals surface area contributed by atoms with Gasteiger partial charge >= 0.3 is 6.09 Å². The highest BCUT2D eigenvalue weighted by molar-refractivity contribution is 5.83. The number of aromatic nitrogens is 1. The van der Waals surface area contributed by atoms with Gasteiger partial charge in [0.2, 0.25) is 0 Å². The molecule has 0 spiro atoms. The number of carbonyl (C=O) groups is 2. The van der Waals surface area contributed by atoms with Crippen molar-refractivity contribution in [3.8, 4) is 0 Å². The maximum atomic E-state index is 12.7. The molecule has 2 aliphatic heterocycles. The van der Waals surface area contributed by atoms with Gasteiger partial charge in [-0.25, -0.2) is 4.79 Å². The summed E-state index contributed by atoms with van der Waals surface area (Å²) in [4.78, 5) is 31.4. The van der Waals surface area contributed by atoms with Crippen molar-refractivity contribution in [2.45, 2.75) is 50.8 Å². The van der Waals surface area contributed by atoms with Gasteiger partial charge in [0.15, 0.2) is 0 Å². The zero-order valence-electron chi connectivity index (χ0n) is 15.3. The molecule has 27 heavy (non-hydrogen) atoms. The molecule has 5 heteroatoms. The normalized spacial score (nSPS) is 23.9. The van der Waals surface area contributed by atoms with Crippen LogP contribution in [0.2, 0.25) is 0 Å². The average Bonchev–Trinajstić information content (AvgIpc) is 2.97. The molecule has 0 radical (unpaired) electrons. The van der Waals surface area contributed by atoms with Crippen LogP contribution in [0.4, 0.5) is 4.79 Å². The zero-order chi connectivity index (χ0) is 18.6. The van der Waals surface area contributed by atoms with Gasteiger partial charge in [-0.3, -0.25) is 9.78 Å². The van der Waals surface area contributed by atoms with Crippen molar-refractivity contribution in [1.29, 1.82) is 0 Å². The number of nitrogens with zero attached hydrogens (tertiary/aromatic N) is 2. The van der Waals surface area contributed by atoms with Crippen molar-refractivity contribution >= 4 is 11.9 Å². The lowest BCUT2D eigenvalue weighted by Crippen LogP contribution is -2.48. The number of Topliss-reactive ketones (excluding diaryl/α,β-unsaturated/α-hetero) is 1. The predicted molar refractivity (Wildman–Crippen MR) is 101 cm³/mol. The van der Waals surface area contributed by atoms with Crippen LogP contribution in [0.15, 0.2) is 54.7 Å². The fraction of sp³-hybridized carbons (Fsp3) is 0.409. The minimum Gasteiger partial charge on any atom is -0.445 e. The highest BCUT2D eigenvalue weighted by Gasteiger charge is 2.45. The summed E-state index contributed by atoms with van der Waals surface area (Å²) in [7, 11) is 0. The van der Waals surface area contributed by atoms with Crippen LogP contribution < -0.4 is 0 Å². The third-order valence-electron chi connectivity index (χ3n) is 5.69. The van der Waals surface area contributed by atoms with Crippen LogP contribution in [0.1, 0.15) is 36.9 Å². The Morgan fingerprint density at radius 2 is 1.70 bits per heavy atom. The summed E-state index contributed by atoms with van der Waals surface area (Å²) in [5.74, 6) is 0.255. The van der Waals surface area contributed by atoms with Gasteiger partial charge in [-0.1, -0.05) is 36.4 Å². The van der Waals surface area contributed by atoms with E-state index in [1.807, 2.05) is 53.4 Å². The first-order valence-electron chi connectivity index (χ1n) is 9.62. The molecule has 2 atom stereocenters. The Balaban J connectivity index is 1.34. The average molecular weight is 364 g/mol. The highest BCUT2D eigenvalue weighted by atomic mass is 16.6. The van der Waals surface area contributed by atoms with E-state index in [4.69, 9.17) is 4.74 Å². The molecule has 2 aromatic rings. The molecule has 1 amide bonds. The maximum absolute atomic E-state index is 12.7. The van der Waals surface area contributed by atoms with Crippen LogP contribution >= 0.6 is 0 Å². The van der Waals surface area contributed by atoms with Gasteiger partial charge in [-0.2, -0.15) is 0 Å². The van der Waals surface area contributed by atoms with E-state index in [0.29, 0.717) is 6.42 Å². The summed E-state index contributed by atoms with van der Waals surface area (Å²) in [5, 5.41) is 0. The van der Waals surface area contributed by atoms with E-state index < -0.39 is 0 Å². The van der Waals surface area contributed by atoms with Crippen LogP contribution in [0.5, 0.6) is 0 Å². The van der Waals surface area contributed by atoms with E-state index in [1.54, 1.807) is 6.20 Å². The molecule has 1 aromatic heterocycles. The number of fused-ring (bicyclic) bond motifs is 2. The maximum Gasteiger partial charge on any atom is 0.410 e. The first kappa shape index (κ1) is 17.7. The number of amides is 1. The molecule has 3 heterocycles. The minimum atomic E-state index is -0.248. The summed E-state index contributed by atoms with van der Waals surface area (Å²) in [6, 6.07) is 15.6. The number of ether oxygens (including phenoxy) is 1. The van der Waals surface area contributed by atoms with Crippen LogP contribution in [0.25, 0.3) is 0 Å². The van der Waals surface area contributed by atoms with Crippen molar-refractivity contribution in [3.63, 3.8) is 0 Å². The summed E-state index contributed by atoms with van der Waals surface area (Å²) >= 11 is 0. The van der Waals surface area contributed by atoms with Crippen molar-refractivity contribution in [2.24, 2.45) is 5.92 Å². The summed E-state index contributed by atoms with van der Waals surface area (Å²) in [6.45, 7) is 0.289. The summed E-state index contributed by atoms with van der Waals surface area (Å²) in [6.07, 6.45) is 5.24. The van der Waals surface area contributed by atoms with Crippen molar-refractivity contribution < 1.29 is 14.3 Å². The molecular formula is C22H24N2O3. The Bertz CT molecular complexity index is 780. The number of piperidine rings is 1. The van der Waals surface area contributed by atoms with Crippen LogP contribution in [-0.2, 0) is 22.6 Å². The van der Waals surface area contributed by atoms with Crippen LogP contribution in [0.3, 0.4) is 0 Å². The van der Waals surface area contributed by atoms with Gasteiger partial charge in [0, 0.05) is 36.3 Å². The number of pyridine rings is 1. The van der Waals surface area contributed by atoms with E-state index in [1.165, 1.54) is 0 Å². The molecule has 2 unspecified atom stereocenters.